The van der Waals surface area contributed by atoms with Crippen molar-refractivity contribution >= 4 is 26.7 Å². The van der Waals surface area contributed by atoms with Crippen molar-refractivity contribution in [2.24, 2.45) is 10.3 Å². The fraction of sp³-hybridized carbons (Fsp3) is 0.565. The minimum atomic E-state index is -3.72. The van der Waals surface area contributed by atoms with Gasteiger partial charge < -0.3 is 10.2 Å². The summed E-state index contributed by atoms with van der Waals surface area (Å²) in [6, 6.07) is 7.88. The summed E-state index contributed by atoms with van der Waals surface area (Å²) in [4.78, 5) is 14.7. The monoisotopic (exact) mass is 431 g/mol. The van der Waals surface area contributed by atoms with Crippen LogP contribution in [-0.2, 0) is 14.8 Å². The van der Waals surface area contributed by atoms with Gasteiger partial charge in [0, 0.05) is 30.6 Å². The van der Waals surface area contributed by atoms with Crippen LogP contribution in [0.2, 0.25) is 0 Å². The first-order chi connectivity index (χ1) is 14.1. The van der Waals surface area contributed by atoms with Crippen LogP contribution in [0.25, 0.3) is 4.91 Å². The quantitative estimate of drug-likeness (QED) is 0.767. The molecule has 0 unspecified atom stereocenters. The van der Waals surface area contributed by atoms with E-state index in [0.29, 0.717) is 53.7 Å². The summed E-state index contributed by atoms with van der Waals surface area (Å²) in [7, 11) is -3.72. The number of nitrogens with zero attached hydrogens (tertiary/aromatic N) is 2. The van der Waals surface area contributed by atoms with Crippen molar-refractivity contribution in [1.29, 1.82) is 0 Å². The Bertz CT molecular complexity index is 954. The van der Waals surface area contributed by atoms with Crippen molar-refractivity contribution < 1.29 is 13.2 Å². The summed E-state index contributed by atoms with van der Waals surface area (Å²) in [6.45, 7) is 11.4. The normalized spacial score (nSPS) is 20.5. The number of sulfonamides is 1. The highest BCUT2D eigenvalue weighted by atomic mass is 32.2. The maximum atomic E-state index is 12.8. The van der Waals surface area contributed by atoms with E-state index < -0.39 is 10.0 Å². The van der Waals surface area contributed by atoms with Crippen LogP contribution in [0.4, 0.5) is 0 Å². The highest BCUT2D eigenvalue weighted by Crippen LogP contribution is 2.35. The molecule has 7 heteroatoms. The minimum Gasteiger partial charge on any atom is -0.356 e. The zero-order valence-electron chi connectivity index (χ0n) is 18.6. The largest absolute Gasteiger partial charge is 0.356 e. The topological polar surface area (TPSA) is 78.8 Å². The van der Waals surface area contributed by atoms with Crippen molar-refractivity contribution in [3.8, 4) is 0 Å². The van der Waals surface area contributed by atoms with Gasteiger partial charge in [-0.25, -0.2) is 0 Å². The molecule has 1 amide bonds. The number of amidine groups is 1. The van der Waals surface area contributed by atoms with E-state index in [-0.39, 0.29) is 17.9 Å². The van der Waals surface area contributed by atoms with Crippen LogP contribution in [0.15, 0.2) is 34.2 Å². The molecule has 0 aliphatic carbocycles. The molecular weight excluding hydrogens is 398 g/mol. The van der Waals surface area contributed by atoms with E-state index in [1.165, 1.54) is 5.56 Å². The van der Waals surface area contributed by atoms with Gasteiger partial charge in [-0.2, -0.15) is 8.42 Å². The molecular formula is C23H33N3O3S. The molecule has 6 nitrogen and oxygen atoms in total. The predicted octanol–water partition coefficient (Wildman–Crippen LogP) is 3.91. The van der Waals surface area contributed by atoms with Crippen LogP contribution in [-0.4, -0.2) is 44.2 Å². The third-order valence-corrected chi connectivity index (χ3v) is 7.62. The standard InChI is InChI=1S/C23H33N3O3S/c1-6-16(4)24-23(27)20-11-13-26(14-12-20)22-17(5)21(30(28,29)25-22)19-9-7-18(8-10-19)15(2)3/h7-10,15-16,20H,6,11-14H2,1-5H3,(H,24,27)/t16-/m0/s1. The number of carbonyl (C=O) groups is 1. The Labute approximate surface area is 180 Å². The van der Waals surface area contributed by atoms with E-state index in [1.807, 2.05) is 43.0 Å². The number of benzene rings is 1. The van der Waals surface area contributed by atoms with E-state index in [1.54, 1.807) is 0 Å². The molecule has 2 aliphatic heterocycles. The molecule has 1 aromatic carbocycles. The molecule has 0 spiro atoms. The van der Waals surface area contributed by atoms with Gasteiger partial charge in [-0.1, -0.05) is 45.0 Å². The molecule has 0 aromatic heterocycles. The van der Waals surface area contributed by atoms with Crippen LogP contribution in [0.1, 0.15) is 70.9 Å². The summed E-state index contributed by atoms with van der Waals surface area (Å²) in [5.41, 5.74) is 2.54. The van der Waals surface area contributed by atoms with Crippen molar-refractivity contribution in [3.63, 3.8) is 0 Å². The maximum absolute atomic E-state index is 12.8. The fourth-order valence-electron chi connectivity index (χ4n) is 4.02. The van der Waals surface area contributed by atoms with E-state index in [2.05, 4.69) is 30.5 Å². The summed E-state index contributed by atoms with van der Waals surface area (Å²) in [5.74, 6) is 0.989. The average molecular weight is 432 g/mol. The van der Waals surface area contributed by atoms with Crippen LogP contribution >= 0.6 is 0 Å². The Morgan fingerprint density at radius 2 is 1.77 bits per heavy atom. The van der Waals surface area contributed by atoms with Crippen LogP contribution < -0.4 is 5.32 Å². The summed E-state index contributed by atoms with van der Waals surface area (Å²) in [5, 5.41) is 3.05. The SMILES string of the molecule is CC[C@H](C)NC(=O)C1CCN(C2=NS(=O)(=O)C(c3ccc(C(C)C)cc3)=C2C)CC1. The van der Waals surface area contributed by atoms with Crippen molar-refractivity contribution in [3.05, 3.63) is 41.0 Å². The molecule has 1 atom stereocenters. The number of amides is 1. The van der Waals surface area contributed by atoms with Gasteiger partial charge in [0.1, 0.15) is 10.7 Å². The second-order valence-corrected chi connectivity index (χ2v) is 10.2. The van der Waals surface area contributed by atoms with E-state index in [0.717, 1.165) is 6.42 Å². The predicted molar refractivity (Wildman–Crippen MR) is 122 cm³/mol. The average Bonchev–Trinajstić information content (AvgIpc) is 2.96. The van der Waals surface area contributed by atoms with Gasteiger partial charge in [-0.15, -0.1) is 4.40 Å². The zero-order valence-corrected chi connectivity index (χ0v) is 19.4. The molecule has 1 fully saturated rings. The highest BCUT2D eigenvalue weighted by Gasteiger charge is 2.35. The highest BCUT2D eigenvalue weighted by molar-refractivity contribution is 8.00. The second kappa shape index (κ2) is 8.92. The molecule has 30 heavy (non-hydrogen) atoms. The Hall–Kier alpha value is -2.15. The molecule has 3 rings (SSSR count). The van der Waals surface area contributed by atoms with Gasteiger partial charge >= 0.3 is 0 Å². The number of carbonyl (C=O) groups excluding carboxylic acids is 1. The second-order valence-electron chi connectivity index (χ2n) is 8.70. The first-order valence-electron chi connectivity index (χ1n) is 10.9. The Kier molecular flexibility index (Phi) is 6.70. The van der Waals surface area contributed by atoms with Gasteiger partial charge in [0.25, 0.3) is 10.0 Å². The smallest absolute Gasteiger partial charge is 0.285 e. The van der Waals surface area contributed by atoms with Gasteiger partial charge in [0.15, 0.2) is 0 Å². The number of piperidine rings is 1. The van der Waals surface area contributed by atoms with Gasteiger partial charge in [0.05, 0.1) is 0 Å². The Morgan fingerprint density at radius 3 is 2.30 bits per heavy atom. The Morgan fingerprint density at radius 1 is 1.17 bits per heavy atom. The van der Waals surface area contributed by atoms with E-state index in [9.17, 15) is 13.2 Å². The molecule has 1 aromatic rings. The maximum Gasteiger partial charge on any atom is 0.285 e. The van der Waals surface area contributed by atoms with Crippen LogP contribution in [0, 0.1) is 5.92 Å². The van der Waals surface area contributed by atoms with E-state index >= 15 is 0 Å². The molecule has 164 valence electrons. The van der Waals surface area contributed by atoms with Crippen molar-refractivity contribution in [2.75, 3.05) is 13.1 Å². The lowest BCUT2D eigenvalue weighted by Crippen LogP contribution is -2.44. The molecule has 1 N–H and O–H groups in total. The minimum absolute atomic E-state index is 0.0267. The zero-order chi connectivity index (χ0) is 22.1. The first-order valence-corrected chi connectivity index (χ1v) is 12.3. The molecule has 2 aliphatic rings. The fourth-order valence-corrected chi connectivity index (χ4v) is 5.50. The molecule has 2 heterocycles. The van der Waals surface area contributed by atoms with Crippen molar-refractivity contribution in [2.45, 2.75) is 65.8 Å². The van der Waals surface area contributed by atoms with Crippen LogP contribution in [0.3, 0.4) is 0 Å². The molecule has 0 bridgehead atoms. The summed E-state index contributed by atoms with van der Waals surface area (Å²) < 4.78 is 29.8. The summed E-state index contributed by atoms with van der Waals surface area (Å²) in [6.07, 6.45) is 2.31. The lowest BCUT2D eigenvalue weighted by molar-refractivity contribution is -0.126. The van der Waals surface area contributed by atoms with E-state index in [4.69, 9.17) is 0 Å². The number of rotatable bonds is 5. The number of likely N-dealkylation sites (tertiary alicyclic amines) is 1. The number of nitrogens with one attached hydrogen (secondary N) is 1. The number of hydrogen-bond donors (Lipinski definition) is 1. The first kappa shape index (κ1) is 22.5. The molecule has 1 saturated heterocycles. The lowest BCUT2D eigenvalue weighted by atomic mass is 9.94. The van der Waals surface area contributed by atoms with Gasteiger partial charge in [0.2, 0.25) is 5.91 Å². The van der Waals surface area contributed by atoms with Crippen LogP contribution in [0.5, 0.6) is 0 Å². The summed E-state index contributed by atoms with van der Waals surface area (Å²) >= 11 is 0. The van der Waals surface area contributed by atoms with Gasteiger partial charge in [-0.3, -0.25) is 4.79 Å². The molecule has 0 radical (unpaired) electrons. The third-order valence-electron chi connectivity index (χ3n) is 6.15. The lowest BCUT2D eigenvalue weighted by Gasteiger charge is -2.33. The third kappa shape index (κ3) is 4.61. The van der Waals surface area contributed by atoms with Crippen molar-refractivity contribution in [1.82, 2.24) is 10.2 Å². The Balaban J connectivity index is 1.75. The van der Waals surface area contributed by atoms with Gasteiger partial charge in [-0.05, 0) is 50.2 Å². The molecule has 0 saturated carbocycles. The number of hydrogen-bond acceptors (Lipinski definition) is 4.